The van der Waals surface area contributed by atoms with Crippen LogP contribution >= 0.6 is 0 Å². The van der Waals surface area contributed by atoms with E-state index >= 15 is 0 Å². The zero-order valence-electron chi connectivity index (χ0n) is 24.4. The number of carbonyl (C=O) groups excluding carboxylic acids is 2. The molecule has 3 aliphatic carbocycles. The van der Waals surface area contributed by atoms with E-state index in [9.17, 15) is 9.59 Å². The van der Waals surface area contributed by atoms with E-state index in [2.05, 4.69) is 71.0 Å². The quantitative estimate of drug-likeness (QED) is 0.409. The zero-order valence-corrected chi connectivity index (χ0v) is 24.4. The second kappa shape index (κ2) is 9.42. The Balaban J connectivity index is 1.32. The van der Waals surface area contributed by atoms with Crippen molar-refractivity contribution in [1.29, 1.82) is 0 Å². The van der Waals surface area contributed by atoms with Crippen LogP contribution < -0.4 is 4.90 Å². The van der Waals surface area contributed by atoms with E-state index in [0.717, 1.165) is 50.0 Å². The van der Waals surface area contributed by atoms with E-state index in [0.29, 0.717) is 36.4 Å². The molecule has 6 atom stereocenters. The summed E-state index contributed by atoms with van der Waals surface area (Å²) in [5.74, 6) is 2.19. The maximum absolute atomic E-state index is 14.6. The van der Waals surface area contributed by atoms with Crippen molar-refractivity contribution in [3.63, 3.8) is 0 Å². The lowest BCUT2D eigenvalue weighted by Crippen LogP contribution is -2.55. The molecule has 39 heavy (non-hydrogen) atoms. The van der Waals surface area contributed by atoms with E-state index in [1.54, 1.807) is 0 Å². The topological polar surface area (TPSA) is 49.7 Å². The normalized spacial score (nSPS) is 34.0. The van der Waals surface area contributed by atoms with Crippen molar-refractivity contribution in [2.45, 2.75) is 85.0 Å². The number of benzene rings is 2. The largest absolute Gasteiger partial charge is 0.299 e. The Morgan fingerprint density at radius 2 is 1.59 bits per heavy atom. The number of rotatable bonds is 3. The molecule has 206 valence electrons. The number of Topliss-reactive ketones (excluding diaryl/α,β-unsaturated/α-hetero) is 1. The van der Waals surface area contributed by atoms with E-state index in [4.69, 9.17) is 4.99 Å². The smallest absolute Gasteiger partial charge is 0.235 e. The van der Waals surface area contributed by atoms with Gasteiger partial charge in [0.15, 0.2) is 0 Å². The van der Waals surface area contributed by atoms with Gasteiger partial charge in [-0.05, 0) is 90.5 Å². The molecule has 1 unspecified atom stereocenters. The molecular formula is C35H44N2O2. The van der Waals surface area contributed by atoms with Crippen LogP contribution in [0.25, 0.3) is 0 Å². The first-order chi connectivity index (χ1) is 18.5. The average molecular weight is 525 g/mol. The van der Waals surface area contributed by atoms with Gasteiger partial charge < -0.3 is 0 Å². The fourth-order valence-electron chi connectivity index (χ4n) is 8.86. The number of amides is 1. The number of hydrogen-bond acceptors (Lipinski definition) is 3. The van der Waals surface area contributed by atoms with Gasteiger partial charge in [-0.15, -0.1) is 0 Å². The third-order valence-corrected chi connectivity index (χ3v) is 11.2. The molecule has 4 heteroatoms. The SMILES string of the molecule is CC(C)(C)c1ccc(N(C(=O)C2CC[C@H]3[C@@H]4CN=C5CC(=O)CC[C@]5(C)[C@@H]4CC[C@]23C)c2ccccc2)cc1. The first-order valence-corrected chi connectivity index (χ1v) is 15.1. The van der Waals surface area contributed by atoms with Crippen LogP contribution in [0.4, 0.5) is 11.4 Å². The Morgan fingerprint density at radius 1 is 0.897 bits per heavy atom. The molecule has 3 fully saturated rings. The summed E-state index contributed by atoms with van der Waals surface area (Å²) >= 11 is 0. The van der Waals surface area contributed by atoms with Crippen LogP contribution in [0.1, 0.15) is 85.1 Å². The minimum absolute atomic E-state index is 0.00272. The molecule has 0 aromatic heterocycles. The minimum atomic E-state index is -0.0233. The molecule has 2 aromatic carbocycles. The van der Waals surface area contributed by atoms with Gasteiger partial charge in [0.2, 0.25) is 5.91 Å². The average Bonchev–Trinajstić information content (AvgIpc) is 3.27. The van der Waals surface area contributed by atoms with Crippen molar-refractivity contribution in [2.24, 2.45) is 39.5 Å². The Bertz CT molecular complexity index is 1290. The van der Waals surface area contributed by atoms with Crippen LogP contribution in [-0.4, -0.2) is 23.9 Å². The van der Waals surface area contributed by atoms with Crippen molar-refractivity contribution < 1.29 is 9.59 Å². The first-order valence-electron chi connectivity index (χ1n) is 15.1. The molecule has 0 bridgehead atoms. The summed E-state index contributed by atoms with van der Waals surface area (Å²) in [5, 5.41) is 0. The standard InChI is InChI=1S/C35H44N2O2/c1-33(2,3)23-11-13-25(14-12-23)37(24-9-7-6-8-10-24)32(39)30-16-15-28-27-22-36-31-21-26(38)17-19-35(31,5)29(27)18-20-34(28,30)4/h6-14,27-30H,15-22H2,1-5H3/t27-,28-,29+,30?,34-,35+/m0/s1. The van der Waals surface area contributed by atoms with Gasteiger partial charge in [0.25, 0.3) is 0 Å². The third kappa shape index (κ3) is 4.30. The molecule has 0 spiro atoms. The van der Waals surface area contributed by atoms with E-state index < -0.39 is 0 Å². The van der Waals surface area contributed by atoms with Gasteiger partial charge in [-0.1, -0.05) is 65.0 Å². The van der Waals surface area contributed by atoms with Crippen molar-refractivity contribution in [3.05, 3.63) is 60.2 Å². The van der Waals surface area contributed by atoms with Crippen LogP contribution in [0.15, 0.2) is 59.6 Å². The summed E-state index contributed by atoms with van der Waals surface area (Å²) in [7, 11) is 0. The Kier molecular flexibility index (Phi) is 6.39. The highest BCUT2D eigenvalue weighted by Gasteiger charge is 2.61. The summed E-state index contributed by atoms with van der Waals surface area (Å²) in [6.07, 6.45) is 6.46. The van der Waals surface area contributed by atoms with E-state index in [-0.39, 0.29) is 28.1 Å². The maximum atomic E-state index is 14.6. The lowest BCUT2D eigenvalue weighted by atomic mass is 9.49. The molecule has 4 nitrogen and oxygen atoms in total. The Hall–Kier alpha value is -2.75. The van der Waals surface area contributed by atoms with E-state index in [1.807, 2.05) is 23.1 Å². The van der Waals surface area contributed by atoms with Gasteiger partial charge in [-0.25, -0.2) is 0 Å². The van der Waals surface area contributed by atoms with Gasteiger partial charge in [-0.2, -0.15) is 0 Å². The molecule has 0 N–H and O–H groups in total. The highest BCUT2D eigenvalue weighted by molar-refractivity contribution is 6.07. The van der Waals surface area contributed by atoms with Crippen LogP contribution in [0.5, 0.6) is 0 Å². The fraction of sp³-hybridized carbons (Fsp3) is 0.571. The molecule has 4 aliphatic rings. The van der Waals surface area contributed by atoms with Crippen LogP contribution in [0.2, 0.25) is 0 Å². The summed E-state index contributed by atoms with van der Waals surface area (Å²) in [5.41, 5.74) is 4.44. The van der Waals surface area contributed by atoms with Crippen molar-refractivity contribution in [1.82, 2.24) is 0 Å². The van der Waals surface area contributed by atoms with Crippen molar-refractivity contribution in [2.75, 3.05) is 11.4 Å². The van der Waals surface area contributed by atoms with Crippen molar-refractivity contribution >= 4 is 28.8 Å². The number of anilines is 2. The van der Waals surface area contributed by atoms with E-state index in [1.165, 1.54) is 11.3 Å². The molecule has 1 heterocycles. The molecule has 1 amide bonds. The monoisotopic (exact) mass is 524 g/mol. The predicted octanol–water partition coefficient (Wildman–Crippen LogP) is 7.92. The van der Waals surface area contributed by atoms with Gasteiger partial charge in [0.05, 0.1) is 0 Å². The van der Waals surface area contributed by atoms with Gasteiger partial charge in [0.1, 0.15) is 5.78 Å². The highest BCUT2D eigenvalue weighted by Crippen LogP contribution is 2.64. The molecule has 6 rings (SSSR count). The molecule has 3 saturated carbocycles. The predicted molar refractivity (Wildman–Crippen MR) is 159 cm³/mol. The molecular weight excluding hydrogens is 480 g/mol. The second-order valence-corrected chi connectivity index (χ2v) is 14.3. The number of fused-ring (bicyclic) bond motifs is 5. The summed E-state index contributed by atoms with van der Waals surface area (Å²) < 4.78 is 0. The highest BCUT2D eigenvalue weighted by atomic mass is 16.2. The Labute approximate surface area is 234 Å². The third-order valence-electron chi connectivity index (χ3n) is 11.2. The number of hydrogen-bond donors (Lipinski definition) is 0. The second-order valence-electron chi connectivity index (χ2n) is 14.3. The fourth-order valence-corrected chi connectivity index (χ4v) is 8.86. The molecule has 0 radical (unpaired) electrons. The van der Waals surface area contributed by atoms with Gasteiger partial charge >= 0.3 is 0 Å². The zero-order chi connectivity index (χ0) is 27.6. The lowest BCUT2D eigenvalue weighted by Gasteiger charge is -2.56. The summed E-state index contributed by atoms with van der Waals surface area (Å²) in [6.45, 7) is 12.3. The number of carbonyl (C=O) groups is 2. The number of para-hydroxylation sites is 1. The van der Waals surface area contributed by atoms with Crippen molar-refractivity contribution in [3.8, 4) is 0 Å². The summed E-state index contributed by atoms with van der Waals surface area (Å²) in [6, 6.07) is 18.8. The Morgan fingerprint density at radius 3 is 2.28 bits per heavy atom. The number of aliphatic imine (C=N–C) groups is 1. The van der Waals surface area contributed by atoms with Gasteiger partial charge in [-0.3, -0.25) is 19.5 Å². The van der Waals surface area contributed by atoms with Gasteiger partial charge in [0, 0.05) is 47.8 Å². The van der Waals surface area contributed by atoms with Crippen LogP contribution in [0.3, 0.4) is 0 Å². The minimum Gasteiger partial charge on any atom is -0.299 e. The molecule has 1 aliphatic heterocycles. The molecule has 0 saturated heterocycles. The molecule has 2 aromatic rings. The maximum Gasteiger partial charge on any atom is 0.235 e. The lowest BCUT2D eigenvalue weighted by molar-refractivity contribution is -0.128. The number of ketones is 1. The summed E-state index contributed by atoms with van der Waals surface area (Å²) in [4.78, 5) is 33.9. The first kappa shape index (κ1) is 26.5. The van der Waals surface area contributed by atoms with Crippen LogP contribution in [0, 0.1) is 34.5 Å². The number of nitrogens with zero attached hydrogens (tertiary/aromatic N) is 2. The van der Waals surface area contributed by atoms with Crippen LogP contribution in [-0.2, 0) is 15.0 Å².